The van der Waals surface area contributed by atoms with Gasteiger partial charge in [0.2, 0.25) is 6.10 Å². The van der Waals surface area contributed by atoms with Gasteiger partial charge in [-0.2, -0.15) is 4.73 Å². The van der Waals surface area contributed by atoms with Crippen LogP contribution < -0.4 is 4.84 Å². The second kappa shape index (κ2) is 7.22. The lowest BCUT2D eigenvalue weighted by Crippen LogP contribution is -2.32. The summed E-state index contributed by atoms with van der Waals surface area (Å²) in [5, 5.41) is 11.1. The van der Waals surface area contributed by atoms with Crippen molar-refractivity contribution < 1.29 is 19.3 Å². The van der Waals surface area contributed by atoms with Gasteiger partial charge in [-0.3, -0.25) is 10.1 Å². The van der Waals surface area contributed by atoms with Gasteiger partial charge in [0.15, 0.2) is 5.82 Å². The number of nitro benzene ring substituents is 1. The second-order valence-corrected chi connectivity index (χ2v) is 5.53. The first-order valence-corrected chi connectivity index (χ1v) is 8.07. The Morgan fingerprint density at radius 3 is 2.65 bits per heavy atom. The van der Waals surface area contributed by atoms with Crippen LogP contribution in [0.5, 0.6) is 0 Å². The summed E-state index contributed by atoms with van der Waals surface area (Å²) in [6.07, 6.45) is -0.908. The van der Waals surface area contributed by atoms with Crippen molar-refractivity contribution >= 4 is 22.7 Å². The Morgan fingerprint density at radius 1 is 1.27 bits per heavy atom. The van der Waals surface area contributed by atoms with E-state index in [2.05, 4.69) is 4.98 Å². The fourth-order valence-corrected chi connectivity index (χ4v) is 2.49. The van der Waals surface area contributed by atoms with Crippen LogP contribution in [-0.4, -0.2) is 33.3 Å². The second-order valence-electron chi connectivity index (χ2n) is 5.53. The molecule has 0 unspecified atom stereocenters. The van der Waals surface area contributed by atoms with Crippen LogP contribution in [0.4, 0.5) is 5.69 Å². The normalized spacial score (nSPS) is 11.9. The van der Waals surface area contributed by atoms with Crippen molar-refractivity contribution in [1.29, 1.82) is 0 Å². The number of carbonyl (C=O) groups excluding carboxylic acids is 1. The highest BCUT2D eigenvalue weighted by molar-refractivity contribution is 5.82. The summed E-state index contributed by atoms with van der Waals surface area (Å²) in [4.78, 5) is 32.8. The number of nitro groups is 1. The number of fused-ring (bicyclic) bond motifs is 1. The van der Waals surface area contributed by atoms with Gasteiger partial charge in [-0.05, 0) is 19.9 Å². The zero-order chi connectivity index (χ0) is 18.7. The van der Waals surface area contributed by atoms with Gasteiger partial charge in [-0.25, -0.2) is 9.78 Å². The van der Waals surface area contributed by atoms with E-state index in [1.54, 1.807) is 19.9 Å². The summed E-state index contributed by atoms with van der Waals surface area (Å²) in [7, 11) is 0. The molecule has 2 aromatic carbocycles. The molecule has 0 N–H and O–H groups in total. The molecule has 0 amide bonds. The van der Waals surface area contributed by atoms with E-state index in [4.69, 9.17) is 9.57 Å². The predicted octanol–water partition coefficient (Wildman–Crippen LogP) is 2.99. The van der Waals surface area contributed by atoms with Crippen LogP contribution in [0.25, 0.3) is 22.4 Å². The molecule has 26 heavy (non-hydrogen) atoms. The quantitative estimate of drug-likeness (QED) is 0.383. The molecule has 0 fully saturated rings. The highest BCUT2D eigenvalue weighted by Crippen LogP contribution is 2.27. The maximum absolute atomic E-state index is 11.9. The Kier molecular flexibility index (Phi) is 4.83. The molecule has 0 aliphatic heterocycles. The van der Waals surface area contributed by atoms with E-state index in [-0.39, 0.29) is 12.3 Å². The number of rotatable bonds is 6. The number of ether oxygens (including phenoxy) is 1. The summed E-state index contributed by atoms with van der Waals surface area (Å²) in [5.41, 5.74) is 1.58. The Balaban J connectivity index is 2.13. The van der Waals surface area contributed by atoms with Gasteiger partial charge >= 0.3 is 5.97 Å². The van der Waals surface area contributed by atoms with Gasteiger partial charge in [-0.1, -0.05) is 30.3 Å². The summed E-state index contributed by atoms with van der Waals surface area (Å²) < 4.78 is 6.31. The van der Waals surface area contributed by atoms with Crippen LogP contribution in [-0.2, 0) is 9.53 Å². The maximum atomic E-state index is 11.9. The smallest absolute Gasteiger partial charge is 0.349 e. The van der Waals surface area contributed by atoms with Crippen molar-refractivity contribution in [1.82, 2.24) is 9.71 Å². The molecule has 3 rings (SSSR count). The zero-order valence-corrected chi connectivity index (χ0v) is 14.3. The van der Waals surface area contributed by atoms with Gasteiger partial charge < -0.3 is 9.57 Å². The Hall–Kier alpha value is -3.42. The number of imidazole rings is 1. The minimum Gasteiger partial charge on any atom is -0.463 e. The standard InChI is InChI=1S/C18H17N3O5/c1-3-25-18(22)12(2)26-20-16-11-14(21(23)24)9-10-15(16)19-17(20)13-7-5-4-6-8-13/h4-12H,3H2,1-2H3/t12-/m1/s1. The van der Waals surface area contributed by atoms with Gasteiger partial charge in [-0.15, -0.1) is 0 Å². The number of non-ortho nitro benzene ring substituents is 1. The SMILES string of the molecule is CCOC(=O)[C@@H](C)On1c(-c2ccccc2)nc2ccc([N+](=O)[O-])cc21. The third kappa shape index (κ3) is 3.34. The molecule has 1 heterocycles. The van der Waals surface area contributed by atoms with Gasteiger partial charge in [0.05, 0.1) is 17.0 Å². The molecular formula is C18H17N3O5. The van der Waals surface area contributed by atoms with Crippen LogP contribution in [0.3, 0.4) is 0 Å². The highest BCUT2D eigenvalue weighted by Gasteiger charge is 2.22. The number of esters is 1. The van der Waals surface area contributed by atoms with Gasteiger partial charge in [0.25, 0.3) is 5.69 Å². The molecular weight excluding hydrogens is 338 g/mol. The van der Waals surface area contributed by atoms with E-state index in [1.165, 1.54) is 16.9 Å². The van der Waals surface area contributed by atoms with E-state index in [0.717, 1.165) is 5.56 Å². The molecule has 134 valence electrons. The maximum Gasteiger partial charge on any atom is 0.349 e. The van der Waals surface area contributed by atoms with Gasteiger partial charge in [0.1, 0.15) is 5.52 Å². The monoisotopic (exact) mass is 355 g/mol. The summed E-state index contributed by atoms with van der Waals surface area (Å²) >= 11 is 0. The van der Waals surface area contributed by atoms with E-state index < -0.39 is 17.0 Å². The lowest BCUT2D eigenvalue weighted by atomic mass is 10.2. The van der Waals surface area contributed by atoms with Crippen molar-refractivity contribution in [2.24, 2.45) is 0 Å². The molecule has 1 aromatic heterocycles. The molecule has 0 spiro atoms. The summed E-state index contributed by atoms with van der Waals surface area (Å²) in [6.45, 7) is 3.49. The third-order valence-electron chi connectivity index (χ3n) is 3.72. The fourth-order valence-electron chi connectivity index (χ4n) is 2.49. The average Bonchev–Trinajstić information content (AvgIpc) is 3.00. The molecule has 1 atom stereocenters. The van der Waals surface area contributed by atoms with E-state index in [1.807, 2.05) is 30.3 Å². The predicted molar refractivity (Wildman–Crippen MR) is 94.5 cm³/mol. The number of aromatic nitrogens is 2. The topological polar surface area (TPSA) is 96.5 Å². The molecule has 8 heteroatoms. The minimum atomic E-state index is -0.908. The lowest BCUT2D eigenvalue weighted by molar-refractivity contribution is -0.384. The number of nitrogens with zero attached hydrogens (tertiary/aromatic N) is 3. The molecule has 0 bridgehead atoms. The van der Waals surface area contributed by atoms with E-state index >= 15 is 0 Å². The molecule has 0 saturated carbocycles. The van der Waals surface area contributed by atoms with Crippen molar-refractivity contribution in [3.05, 3.63) is 58.6 Å². The number of hydrogen-bond donors (Lipinski definition) is 0. The molecule has 0 saturated heterocycles. The number of hydrogen-bond acceptors (Lipinski definition) is 6. The van der Waals surface area contributed by atoms with Crippen LogP contribution in [0.1, 0.15) is 13.8 Å². The van der Waals surface area contributed by atoms with Crippen LogP contribution in [0.15, 0.2) is 48.5 Å². The number of benzene rings is 2. The first kappa shape index (κ1) is 17.4. The third-order valence-corrected chi connectivity index (χ3v) is 3.72. The summed E-state index contributed by atoms with van der Waals surface area (Å²) in [5.74, 6) is -0.0870. The number of carbonyl (C=O) groups is 1. The van der Waals surface area contributed by atoms with Crippen molar-refractivity contribution in [2.75, 3.05) is 6.61 Å². The largest absolute Gasteiger partial charge is 0.463 e. The Morgan fingerprint density at radius 2 is 2.00 bits per heavy atom. The molecule has 0 aliphatic rings. The van der Waals surface area contributed by atoms with Gasteiger partial charge in [0, 0.05) is 17.7 Å². The van der Waals surface area contributed by atoms with Crippen LogP contribution >= 0.6 is 0 Å². The Bertz CT molecular complexity index is 952. The zero-order valence-electron chi connectivity index (χ0n) is 14.3. The van der Waals surface area contributed by atoms with Crippen molar-refractivity contribution in [3.63, 3.8) is 0 Å². The molecule has 3 aromatic rings. The first-order valence-electron chi connectivity index (χ1n) is 8.07. The fraction of sp³-hybridized carbons (Fsp3) is 0.222. The Labute approximate surface area is 149 Å². The minimum absolute atomic E-state index is 0.0920. The summed E-state index contributed by atoms with van der Waals surface area (Å²) in [6, 6.07) is 13.5. The first-order chi connectivity index (χ1) is 12.5. The molecule has 8 nitrogen and oxygen atoms in total. The molecule has 0 radical (unpaired) electrons. The van der Waals surface area contributed by atoms with Crippen LogP contribution in [0.2, 0.25) is 0 Å². The lowest BCUT2D eigenvalue weighted by Gasteiger charge is -2.16. The van der Waals surface area contributed by atoms with Crippen LogP contribution in [0, 0.1) is 10.1 Å². The van der Waals surface area contributed by atoms with E-state index in [0.29, 0.717) is 16.9 Å². The van der Waals surface area contributed by atoms with E-state index in [9.17, 15) is 14.9 Å². The average molecular weight is 355 g/mol. The van der Waals surface area contributed by atoms with Crippen molar-refractivity contribution in [2.45, 2.75) is 20.0 Å². The highest BCUT2D eigenvalue weighted by atomic mass is 16.7. The molecule has 0 aliphatic carbocycles. The van der Waals surface area contributed by atoms with Crippen molar-refractivity contribution in [3.8, 4) is 11.4 Å².